The van der Waals surface area contributed by atoms with Crippen LogP contribution >= 0.6 is 0 Å². The summed E-state index contributed by atoms with van der Waals surface area (Å²) in [6.07, 6.45) is 3.65. The van der Waals surface area contributed by atoms with Crippen LogP contribution < -0.4 is 0 Å². The molecule has 3 aromatic rings. The Labute approximate surface area is 116 Å². The van der Waals surface area contributed by atoms with E-state index in [9.17, 15) is 5.11 Å². The van der Waals surface area contributed by atoms with Crippen LogP contribution in [0.5, 0.6) is 0 Å². The number of nitrogens with zero attached hydrogens (tertiary/aromatic N) is 3. The third kappa shape index (κ3) is 2.15. The van der Waals surface area contributed by atoms with E-state index in [-0.39, 0.29) is 6.61 Å². The van der Waals surface area contributed by atoms with E-state index in [1.54, 1.807) is 12.3 Å². The van der Waals surface area contributed by atoms with Crippen LogP contribution in [-0.2, 0) is 13.2 Å². The van der Waals surface area contributed by atoms with Crippen molar-refractivity contribution in [3.63, 3.8) is 0 Å². The zero-order valence-corrected chi connectivity index (χ0v) is 10.8. The van der Waals surface area contributed by atoms with E-state index in [4.69, 9.17) is 5.26 Å². The number of aliphatic hydroxyl groups excluding tert-OH is 1. The summed E-state index contributed by atoms with van der Waals surface area (Å²) in [7, 11) is 0. The molecule has 4 nitrogen and oxygen atoms in total. The molecule has 0 aliphatic heterocycles. The van der Waals surface area contributed by atoms with E-state index >= 15 is 0 Å². The number of hydrogen-bond donors (Lipinski definition) is 1. The molecule has 0 saturated heterocycles. The predicted molar refractivity (Wildman–Crippen MR) is 75.9 cm³/mol. The molecule has 0 spiro atoms. The first kappa shape index (κ1) is 12.4. The van der Waals surface area contributed by atoms with Crippen molar-refractivity contribution >= 4 is 10.9 Å². The van der Waals surface area contributed by atoms with Crippen molar-refractivity contribution in [2.45, 2.75) is 13.2 Å². The maximum absolute atomic E-state index is 9.35. The molecule has 0 aliphatic carbocycles. The molecule has 1 aromatic carbocycles. The maximum atomic E-state index is 9.35. The van der Waals surface area contributed by atoms with Crippen LogP contribution in [0, 0.1) is 11.3 Å². The molecule has 0 saturated carbocycles. The molecule has 3 rings (SSSR count). The van der Waals surface area contributed by atoms with E-state index in [0.29, 0.717) is 12.2 Å². The lowest BCUT2D eigenvalue weighted by molar-refractivity contribution is 0.283. The summed E-state index contributed by atoms with van der Waals surface area (Å²) in [6.45, 7) is 0.713. The molecule has 0 radical (unpaired) electrons. The Kier molecular flexibility index (Phi) is 3.20. The van der Waals surface area contributed by atoms with Crippen LogP contribution in [0.1, 0.15) is 16.8 Å². The highest BCUT2D eigenvalue weighted by molar-refractivity contribution is 5.83. The fraction of sp³-hybridized carbons (Fsp3) is 0.125. The van der Waals surface area contributed by atoms with Crippen molar-refractivity contribution in [2.24, 2.45) is 0 Å². The Balaban J connectivity index is 2.01. The van der Waals surface area contributed by atoms with Crippen LogP contribution in [-0.4, -0.2) is 14.7 Å². The molecule has 20 heavy (non-hydrogen) atoms. The van der Waals surface area contributed by atoms with Gasteiger partial charge in [0.1, 0.15) is 11.8 Å². The Morgan fingerprint density at radius 3 is 2.95 bits per heavy atom. The van der Waals surface area contributed by atoms with Gasteiger partial charge >= 0.3 is 0 Å². The number of benzene rings is 1. The van der Waals surface area contributed by atoms with Crippen molar-refractivity contribution in [1.82, 2.24) is 9.55 Å². The lowest BCUT2D eigenvalue weighted by Gasteiger charge is -2.07. The molecule has 1 N–H and O–H groups in total. The monoisotopic (exact) mass is 263 g/mol. The second-order valence-electron chi connectivity index (χ2n) is 4.61. The largest absolute Gasteiger partial charge is 0.392 e. The van der Waals surface area contributed by atoms with Crippen LogP contribution in [0.4, 0.5) is 0 Å². The van der Waals surface area contributed by atoms with Crippen molar-refractivity contribution in [1.29, 1.82) is 5.26 Å². The Bertz CT molecular complexity index is 799. The highest BCUT2D eigenvalue weighted by atomic mass is 16.3. The highest BCUT2D eigenvalue weighted by Gasteiger charge is 2.05. The summed E-state index contributed by atoms with van der Waals surface area (Å²) in [5.74, 6) is 0. The predicted octanol–water partition coefficient (Wildman–Crippen LogP) is 2.45. The molecule has 98 valence electrons. The first-order chi connectivity index (χ1) is 9.81. The number of pyridine rings is 1. The molecule has 0 atom stereocenters. The summed E-state index contributed by atoms with van der Waals surface area (Å²) in [5, 5.41) is 19.3. The summed E-state index contributed by atoms with van der Waals surface area (Å²) in [4.78, 5) is 3.97. The summed E-state index contributed by atoms with van der Waals surface area (Å²) in [6, 6.07) is 13.6. The second-order valence-corrected chi connectivity index (χ2v) is 4.61. The van der Waals surface area contributed by atoms with Gasteiger partial charge in [-0.15, -0.1) is 0 Å². The smallest absolute Gasteiger partial charge is 0.140 e. The van der Waals surface area contributed by atoms with Crippen molar-refractivity contribution in [3.8, 4) is 6.07 Å². The van der Waals surface area contributed by atoms with Gasteiger partial charge < -0.3 is 9.67 Å². The number of fused-ring (bicyclic) bond motifs is 1. The Morgan fingerprint density at radius 1 is 1.25 bits per heavy atom. The van der Waals surface area contributed by atoms with Gasteiger partial charge in [0.25, 0.3) is 0 Å². The van der Waals surface area contributed by atoms with Gasteiger partial charge in [-0.3, -0.25) is 0 Å². The van der Waals surface area contributed by atoms with E-state index in [1.807, 2.05) is 42.6 Å². The van der Waals surface area contributed by atoms with Crippen molar-refractivity contribution < 1.29 is 5.11 Å². The van der Waals surface area contributed by atoms with Gasteiger partial charge in [-0.2, -0.15) is 5.26 Å². The minimum Gasteiger partial charge on any atom is -0.392 e. The van der Waals surface area contributed by atoms with Crippen molar-refractivity contribution in [3.05, 3.63) is 65.6 Å². The Hall–Kier alpha value is -2.64. The summed E-state index contributed by atoms with van der Waals surface area (Å²) in [5.41, 5.74) is 3.46. The third-order valence-corrected chi connectivity index (χ3v) is 3.37. The van der Waals surface area contributed by atoms with E-state index in [2.05, 4.69) is 9.55 Å². The number of nitriles is 1. The van der Waals surface area contributed by atoms with Gasteiger partial charge in [0.05, 0.1) is 6.61 Å². The highest BCUT2D eigenvalue weighted by Crippen LogP contribution is 2.21. The van der Waals surface area contributed by atoms with Gasteiger partial charge in [0.15, 0.2) is 0 Å². The van der Waals surface area contributed by atoms with Gasteiger partial charge in [-0.25, -0.2) is 4.98 Å². The van der Waals surface area contributed by atoms with Gasteiger partial charge in [0.2, 0.25) is 0 Å². The third-order valence-electron chi connectivity index (χ3n) is 3.37. The molecule has 0 bridgehead atoms. The standard InChI is InChI=1S/C16H13N3O/c17-9-14-8-12(4-6-18-14)10-19-7-5-15-13(11-20)2-1-3-16(15)19/h1-8,20H,10-11H2. The topological polar surface area (TPSA) is 61.8 Å². The number of rotatable bonds is 3. The number of aromatic nitrogens is 2. The SMILES string of the molecule is N#Cc1cc(Cn2ccc3c(CO)cccc32)ccn1. The average molecular weight is 263 g/mol. The van der Waals surface area contributed by atoms with Gasteiger partial charge in [-0.05, 0) is 35.4 Å². The molecule has 0 aliphatic rings. The molecule has 0 unspecified atom stereocenters. The molecule has 2 aromatic heterocycles. The second kappa shape index (κ2) is 5.16. The number of aliphatic hydroxyl groups is 1. The first-order valence-corrected chi connectivity index (χ1v) is 6.34. The van der Waals surface area contributed by atoms with Gasteiger partial charge in [0, 0.05) is 29.8 Å². The minimum atomic E-state index is 0.0369. The number of hydrogen-bond acceptors (Lipinski definition) is 3. The fourth-order valence-electron chi connectivity index (χ4n) is 2.39. The molecular weight excluding hydrogens is 250 g/mol. The minimum absolute atomic E-state index is 0.0369. The van der Waals surface area contributed by atoms with Gasteiger partial charge in [-0.1, -0.05) is 12.1 Å². The van der Waals surface area contributed by atoms with E-state index < -0.39 is 0 Å². The molecular formula is C16H13N3O. The Morgan fingerprint density at radius 2 is 2.15 bits per heavy atom. The van der Waals surface area contributed by atoms with Crippen LogP contribution in [0.25, 0.3) is 10.9 Å². The summed E-state index contributed by atoms with van der Waals surface area (Å²) < 4.78 is 2.10. The summed E-state index contributed by atoms with van der Waals surface area (Å²) >= 11 is 0. The molecule has 0 amide bonds. The molecule has 2 heterocycles. The lowest BCUT2D eigenvalue weighted by atomic mass is 10.1. The molecule has 0 fully saturated rings. The van der Waals surface area contributed by atoms with E-state index in [0.717, 1.165) is 22.0 Å². The fourth-order valence-corrected chi connectivity index (χ4v) is 2.39. The first-order valence-electron chi connectivity index (χ1n) is 6.34. The van der Waals surface area contributed by atoms with E-state index in [1.165, 1.54) is 0 Å². The quantitative estimate of drug-likeness (QED) is 0.789. The molecule has 4 heteroatoms. The normalized spacial score (nSPS) is 10.6. The zero-order chi connectivity index (χ0) is 13.9. The van der Waals surface area contributed by atoms with Crippen LogP contribution in [0.15, 0.2) is 48.8 Å². The lowest BCUT2D eigenvalue weighted by Crippen LogP contribution is -1.99. The maximum Gasteiger partial charge on any atom is 0.140 e. The van der Waals surface area contributed by atoms with Crippen molar-refractivity contribution in [2.75, 3.05) is 0 Å². The average Bonchev–Trinajstić information content (AvgIpc) is 2.90. The van der Waals surface area contributed by atoms with Crippen LogP contribution in [0.3, 0.4) is 0 Å². The van der Waals surface area contributed by atoms with Crippen LogP contribution in [0.2, 0.25) is 0 Å². The zero-order valence-electron chi connectivity index (χ0n) is 10.8.